The first kappa shape index (κ1) is 14.7. The Balaban J connectivity index is 2.06. The van der Waals surface area contributed by atoms with Crippen molar-refractivity contribution in [1.82, 2.24) is 0 Å². The lowest BCUT2D eigenvalue weighted by Gasteiger charge is -2.10. The Kier molecular flexibility index (Phi) is 4.66. The Labute approximate surface area is 123 Å². The van der Waals surface area contributed by atoms with E-state index in [9.17, 15) is 4.79 Å². The molecule has 0 aromatic heterocycles. The van der Waals surface area contributed by atoms with E-state index in [4.69, 9.17) is 15.2 Å². The first-order valence-electron chi connectivity index (χ1n) is 6.49. The number of anilines is 2. The summed E-state index contributed by atoms with van der Waals surface area (Å²) < 4.78 is 10.3. The molecule has 0 spiro atoms. The van der Waals surface area contributed by atoms with Crippen LogP contribution in [0.5, 0.6) is 11.5 Å². The summed E-state index contributed by atoms with van der Waals surface area (Å²) in [6.07, 6.45) is 0.232. The monoisotopic (exact) mass is 286 g/mol. The van der Waals surface area contributed by atoms with Crippen LogP contribution in [-0.2, 0) is 11.2 Å². The summed E-state index contributed by atoms with van der Waals surface area (Å²) >= 11 is 0. The second-order valence-electron chi connectivity index (χ2n) is 4.49. The van der Waals surface area contributed by atoms with Crippen molar-refractivity contribution in [2.75, 3.05) is 25.3 Å². The average Bonchev–Trinajstić information content (AvgIpc) is 2.48. The van der Waals surface area contributed by atoms with Crippen molar-refractivity contribution in [3.63, 3.8) is 0 Å². The average molecular weight is 286 g/mol. The molecule has 0 atom stereocenters. The first-order valence-corrected chi connectivity index (χ1v) is 6.49. The molecule has 5 nitrogen and oxygen atoms in total. The molecule has 0 saturated heterocycles. The number of ether oxygens (including phenoxy) is 2. The van der Waals surface area contributed by atoms with Gasteiger partial charge in [-0.3, -0.25) is 4.79 Å². The highest BCUT2D eigenvalue weighted by molar-refractivity contribution is 5.93. The van der Waals surface area contributed by atoms with Crippen LogP contribution in [0.15, 0.2) is 42.5 Å². The molecule has 5 heteroatoms. The molecule has 0 aliphatic rings. The van der Waals surface area contributed by atoms with Crippen LogP contribution in [0.2, 0.25) is 0 Å². The third kappa shape index (κ3) is 3.66. The molecule has 0 heterocycles. The zero-order chi connectivity index (χ0) is 15.2. The molecule has 2 rings (SSSR count). The van der Waals surface area contributed by atoms with Crippen LogP contribution in [0, 0.1) is 0 Å². The summed E-state index contributed by atoms with van der Waals surface area (Å²) in [5.41, 5.74) is 7.75. The van der Waals surface area contributed by atoms with E-state index in [2.05, 4.69) is 5.32 Å². The number of methoxy groups -OCH3 is 2. The number of hydrogen-bond donors (Lipinski definition) is 2. The van der Waals surface area contributed by atoms with Gasteiger partial charge >= 0.3 is 0 Å². The second-order valence-corrected chi connectivity index (χ2v) is 4.49. The molecule has 0 radical (unpaired) electrons. The van der Waals surface area contributed by atoms with Gasteiger partial charge in [-0.25, -0.2) is 0 Å². The van der Waals surface area contributed by atoms with Crippen LogP contribution >= 0.6 is 0 Å². The van der Waals surface area contributed by atoms with Crippen molar-refractivity contribution in [2.45, 2.75) is 6.42 Å². The van der Waals surface area contributed by atoms with E-state index < -0.39 is 0 Å². The summed E-state index contributed by atoms with van der Waals surface area (Å²) in [6, 6.07) is 12.6. The van der Waals surface area contributed by atoms with Crippen LogP contribution in [-0.4, -0.2) is 20.1 Å². The standard InChI is InChI=1S/C16H18N2O3/c1-20-14-6-4-3-5-11(14)9-16(19)18-12-7-8-15(21-2)13(17)10-12/h3-8,10H,9,17H2,1-2H3,(H,18,19). The minimum atomic E-state index is -0.135. The predicted octanol–water partition coefficient (Wildman–Crippen LogP) is 2.47. The SMILES string of the molecule is COc1ccc(NC(=O)Cc2ccccc2OC)cc1N. The van der Waals surface area contributed by atoms with Gasteiger partial charge in [-0.2, -0.15) is 0 Å². The summed E-state index contributed by atoms with van der Waals surface area (Å²) in [5.74, 6) is 1.14. The first-order chi connectivity index (χ1) is 10.1. The number of nitrogen functional groups attached to an aromatic ring is 1. The maximum atomic E-state index is 12.1. The highest BCUT2D eigenvalue weighted by atomic mass is 16.5. The third-order valence-electron chi connectivity index (χ3n) is 3.06. The predicted molar refractivity (Wildman–Crippen MR) is 82.7 cm³/mol. The van der Waals surface area contributed by atoms with Gasteiger partial charge in [0.05, 0.1) is 26.3 Å². The van der Waals surface area contributed by atoms with Gasteiger partial charge in [-0.1, -0.05) is 18.2 Å². The molecule has 1 amide bonds. The summed E-state index contributed by atoms with van der Waals surface area (Å²) in [4.78, 5) is 12.1. The molecule has 0 aliphatic carbocycles. The molecular formula is C16H18N2O3. The number of nitrogens with one attached hydrogen (secondary N) is 1. The van der Waals surface area contributed by atoms with Gasteiger partial charge in [0.25, 0.3) is 0 Å². The summed E-state index contributed by atoms with van der Waals surface area (Å²) in [5, 5.41) is 2.80. The number of amides is 1. The lowest BCUT2D eigenvalue weighted by molar-refractivity contribution is -0.115. The number of nitrogens with two attached hydrogens (primary N) is 1. The van der Waals surface area contributed by atoms with Crippen molar-refractivity contribution in [3.05, 3.63) is 48.0 Å². The largest absolute Gasteiger partial charge is 0.496 e. The molecule has 0 fully saturated rings. The minimum Gasteiger partial charge on any atom is -0.496 e. The highest BCUT2D eigenvalue weighted by Gasteiger charge is 2.09. The van der Waals surface area contributed by atoms with Crippen molar-refractivity contribution in [2.24, 2.45) is 0 Å². The number of hydrogen-bond acceptors (Lipinski definition) is 4. The van der Waals surface area contributed by atoms with Crippen LogP contribution in [0.25, 0.3) is 0 Å². The lowest BCUT2D eigenvalue weighted by atomic mass is 10.1. The van der Waals surface area contributed by atoms with Gasteiger partial charge in [0.2, 0.25) is 5.91 Å². The van der Waals surface area contributed by atoms with Crippen LogP contribution in [0.3, 0.4) is 0 Å². The summed E-state index contributed by atoms with van der Waals surface area (Å²) in [7, 11) is 3.13. The Hall–Kier alpha value is -2.69. The molecule has 0 bridgehead atoms. The van der Waals surface area contributed by atoms with Gasteiger partial charge in [0.15, 0.2) is 0 Å². The number of carbonyl (C=O) groups excluding carboxylic acids is 1. The van der Waals surface area contributed by atoms with Gasteiger partial charge in [0.1, 0.15) is 11.5 Å². The molecule has 2 aromatic carbocycles. The fourth-order valence-electron chi connectivity index (χ4n) is 2.04. The van der Waals surface area contributed by atoms with E-state index in [1.165, 1.54) is 0 Å². The maximum absolute atomic E-state index is 12.1. The zero-order valence-electron chi connectivity index (χ0n) is 12.1. The van der Waals surface area contributed by atoms with E-state index in [1.807, 2.05) is 24.3 Å². The normalized spacial score (nSPS) is 10.0. The van der Waals surface area contributed by atoms with E-state index in [0.29, 0.717) is 22.9 Å². The van der Waals surface area contributed by atoms with Gasteiger partial charge in [-0.15, -0.1) is 0 Å². The third-order valence-corrected chi connectivity index (χ3v) is 3.06. The van der Waals surface area contributed by atoms with Gasteiger partial charge < -0.3 is 20.5 Å². The zero-order valence-corrected chi connectivity index (χ0v) is 12.1. The molecule has 3 N–H and O–H groups in total. The lowest BCUT2D eigenvalue weighted by Crippen LogP contribution is -2.15. The molecule has 21 heavy (non-hydrogen) atoms. The Bertz CT molecular complexity index is 641. The highest BCUT2D eigenvalue weighted by Crippen LogP contribution is 2.25. The quantitative estimate of drug-likeness (QED) is 0.828. The molecule has 2 aromatic rings. The number of para-hydroxylation sites is 1. The molecule has 0 aliphatic heterocycles. The van der Waals surface area contributed by atoms with Crippen LogP contribution in [0.4, 0.5) is 11.4 Å². The second kappa shape index (κ2) is 6.65. The van der Waals surface area contributed by atoms with E-state index in [-0.39, 0.29) is 12.3 Å². The molecule has 110 valence electrons. The topological polar surface area (TPSA) is 73.6 Å². The van der Waals surface area contributed by atoms with Crippen LogP contribution in [0.1, 0.15) is 5.56 Å². The Morgan fingerprint density at radius 1 is 1.10 bits per heavy atom. The van der Waals surface area contributed by atoms with Gasteiger partial charge in [-0.05, 0) is 24.3 Å². The van der Waals surface area contributed by atoms with Crippen molar-refractivity contribution in [1.29, 1.82) is 0 Å². The van der Waals surface area contributed by atoms with Crippen molar-refractivity contribution < 1.29 is 14.3 Å². The Morgan fingerprint density at radius 3 is 2.48 bits per heavy atom. The van der Waals surface area contributed by atoms with Crippen LogP contribution < -0.4 is 20.5 Å². The molecule has 0 saturated carbocycles. The molecule has 0 unspecified atom stereocenters. The fourth-order valence-corrected chi connectivity index (χ4v) is 2.04. The minimum absolute atomic E-state index is 0.135. The van der Waals surface area contributed by atoms with E-state index in [0.717, 1.165) is 5.56 Å². The number of rotatable bonds is 5. The number of carbonyl (C=O) groups is 1. The van der Waals surface area contributed by atoms with Crippen molar-refractivity contribution >= 4 is 17.3 Å². The van der Waals surface area contributed by atoms with E-state index >= 15 is 0 Å². The smallest absolute Gasteiger partial charge is 0.228 e. The van der Waals surface area contributed by atoms with E-state index in [1.54, 1.807) is 32.4 Å². The molecular weight excluding hydrogens is 268 g/mol. The van der Waals surface area contributed by atoms with Gasteiger partial charge in [0, 0.05) is 11.3 Å². The number of benzene rings is 2. The maximum Gasteiger partial charge on any atom is 0.228 e. The fraction of sp³-hybridized carbons (Fsp3) is 0.188. The Morgan fingerprint density at radius 2 is 1.81 bits per heavy atom. The summed E-state index contributed by atoms with van der Waals surface area (Å²) in [6.45, 7) is 0. The van der Waals surface area contributed by atoms with Crippen molar-refractivity contribution in [3.8, 4) is 11.5 Å².